The molecule has 4 rings (SSSR count). The molecule has 0 radical (unpaired) electrons. The molecule has 0 spiro atoms. The summed E-state index contributed by atoms with van der Waals surface area (Å²) >= 11 is 0. The second-order valence-corrected chi connectivity index (χ2v) is 8.25. The Balaban J connectivity index is 0.000000449. The maximum absolute atomic E-state index is 12.7. The van der Waals surface area contributed by atoms with Crippen LogP contribution < -0.4 is 30.2 Å². The second-order valence-electron chi connectivity index (χ2n) is 8.25. The van der Waals surface area contributed by atoms with Gasteiger partial charge in [0, 0.05) is 55.2 Å². The van der Waals surface area contributed by atoms with E-state index in [2.05, 4.69) is 25.9 Å². The van der Waals surface area contributed by atoms with Crippen LogP contribution in [0.2, 0.25) is 0 Å². The molecular formula is C28H32N6O5. The highest BCUT2D eigenvalue weighted by Gasteiger charge is 2.14. The van der Waals surface area contributed by atoms with Gasteiger partial charge in [0.1, 0.15) is 11.4 Å². The zero-order valence-corrected chi connectivity index (χ0v) is 22.7. The number of rotatable bonds is 9. The van der Waals surface area contributed by atoms with Crippen molar-refractivity contribution in [2.75, 3.05) is 44.3 Å². The quantitative estimate of drug-likeness (QED) is 0.263. The summed E-state index contributed by atoms with van der Waals surface area (Å²) in [5.41, 5.74) is 5.01. The molecule has 39 heavy (non-hydrogen) atoms. The third-order valence-electron chi connectivity index (χ3n) is 5.69. The average molecular weight is 533 g/mol. The van der Waals surface area contributed by atoms with Crippen molar-refractivity contribution in [1.29, 1.82) is 0 Å². The fourth-order valence-corrected chi connectivity index (χ4v) is 3.60. The molecular weight excluding hydrogens is 500 g/mol. The average Bonchev–Trinajstić information content (AvgIpc) is 3.38. The number of methoxy groups -OCH3 is 3. The Bertz CT molecular complexity index is 1410. The summed E-state index contributed by atoms with van der Waals surface area (Å²) in [4.78, 5) is 30.7. The van der Waals surface area contributed by atoms with Gasteiger partial charge in [0.25, 0.3) is 5.91 Å². The molecule has 0 aliphatic heterocycles. The van der Waals surface area contributed by atoms with Gasteiger partial charge >= 0.3 is 0 Å². The molecule has 4 aromatic rings. The number of ether oxygens (including phenoxy) is 3. The van der Waals surface area contributed by atoms with Gasteiger partial charge in [-0.2, -0.15) is 0 Å². The first kappa shape index (κ1) is 28.5. The van der Waals surface area contributed by atoms with E-state index in [0.29, 0.717) is 40.0 Å². The predicted octanol–water partition coefficient (Wildman–Crippen LogP) is 4.69. The van der Waals surface area contributed by atoms with E-state index in [1.165, 1.54) is 6.20 Å². The number of pyridine rings is 1. The molecule has 1 amide bonds. The van der Waals surface area contributed by atoms with Gasteiger partial charge in [-0.05, 0) is 36.8 Å². The number of aryl methyl sites for hydroxylation is 2. The normalized spacial score (nSPS) is 10.0. The Hall–Kier alpha value is -5.06. The van der Waals surface area contributed by atoms with Crippen LogP contribution in [0, 0.1) is 6.92 Å². The second kappa shape index (κ2) is 13.5. The van der Waals surface area contributed by atoms with Crippen LogP contribution in [-0.4, -0.2) is 55.1 Å². The highest BCUT2D eigenvalue weighted by atomic mass is 16.5. The monoisotopic (exact) mass is 532 g/mol. The lowest BCUT2D eigenvalue weighted by atomic mass is 10.1. The van der Waals surface area contributed by atoms with E-state index in [1.54, 1.807) is 69.7 Å². The number of anilines is 4. The lowest BCUT2D eigenvalue weighted by Gasteiger charge is -2.15. The summed E-state index contributed by atoms with van der Waals surface area (Å²) in [7, 11) is 8.28. The highest BCUT2D eigenvalue weighted by Crippen LogP contribution is 2.40. The number of nitrogens with zero attached hydrogens (tertiary/aromatic N) is 3. The molecule has 11 heteroatoms. The van der Waals surface area contributed by atoms with Gasteiger partial charge in [0.15, 0.2) is 17.8 Å². The topological polar surface area (TPSA) is 129 Å². The maximum atomic E-state index is 12.7. The zero-order valence-electron chi connectivity index (χ0n) is 22.7. The fourth-order valence-electron chi connectivity index (χ4n) is 3.60. The molecule has 0 saturated carbocycles. The number of carbonyl (C=O) groups is 2. The minimum Gasteiger partial charge on any atom is -0.493 e. The molecule has 3 N–H and O–H groups in total. The number of hydrogen-bond donors (Lipinski definition) is 3. The minimum absolute atomic E-state index is 0.282. The molecule has 2 aromatic carbocycles. The van der Waals surface area contributed by atoms with Crippen molar-refractivity contribution in [1.82, 2.24) is 14.5 Å². The molecule has 11 nitrogen and oxygen atoms in total. The van der Waals surface area contributed by atoms with Gasteiger partial charge in [-0.1, -0.05) is 6.07 Å². The number of carbonyl (C=O) groups excluding carboxylic acids is 2. The van der Waals surface area contributed by atoms with Crippen LogP contribution >= 0.6 is 0 Å². The smallest absolute Gasteiger partial charge is 0.274 e. The summed E-state index contributed by atoms with van der Waals surface area (Å²) in [6, 6.07) is 12.7. The van der Waals surface area contributed by atoms with Crippen LogP contribution in [0.1, 0.15) is 26.5 Å². The van der Waals surface area contributed by atoms with Crippen molar-refractivity contribution in [3.05, 3.63) is 78.1 Å². The SMILES string of the molecule is CNc1cc(NC(=O)c2cc(Nc3cc(OC)c(OC)c(OC)c3)ccn2)ccc1C.Cn1cncc1C=O. The number of nitrogens with one attached hydrogen (secondary N) is 3. The van der Waals surface area contributed by atoms with Gasteiger partial charge < -0.3 is 34.7 Å². The van der Waals surface area contributed by atoms with Crippen molar-refractivity contribution < 1.29 is 23.8 Å². The molecule has 2 aromatic heterocycles. The molecule has 204 valence electrons. The summed E-state index contributed by atoms with van der Waals surface area (Å²) in [6.45, 7) is 2.00. The zero-order chi connectivity index (χ0) is 28.4. The van der Waals surface area contributed by atoms with Gasteiger partial charge in [-0.15, -0.1) is 0 Å². The lowest BCUT2D eigenvalue weighted by molar-refractivity contribution is 0.102. The van der Waals surface area contributed by atoms with Crippen LogP contribution in [0.4, 0.5) is 22.7 Å². The van der Waals surface area contributed by atoms with E-state index in [4.69, 9.17) is 14.2 Å². The van der Waals surface area contributed by atoms with Crippen LogP contribution in [0.25, 0.3) is 0 Å². The Morgan fingerprint density at radius 1 is 0.949 bits per heavy atom. The van der Waals surface area contributed by atoms with Crippen molar-refractivity contribution >= 4 is 34.9 Å². The van der Waals surface area contributed by atoms with Gasteiger partial charge in [-0.3, -0.25) is 14.6 Å². The van der Waals surface area contributed by atoms with Gasteiger partial charge in [0.2, 0.25) is 5.75 Å². The number of amides is 1. The summed E-state index contributed by atoms with van der Waals surface area (Å²) in [5, 5.41) is 9.23. The number of aromatic nitrogens is 3. The van der Waals surface area contributed by atoms with E-state index >= 15 is 0 Å². The Labute approximate surface area is 227 Å². The van der Waals surface area contributed by atoms with Crippen molar-refractivity contribution in [3.63, 3.8) is 0 Å². The van der Waals surface area contributed by atoms with E-state index in [1.807, 2.05) is 32.2 Å². The number of imidazole rings is 1. The van der Waals surface area contributed by atoms with E-state index in [-0.39, 0.29) is 11.6 Å². The van der Waals surface area contributed by atoms with E-state index < -0.39 is 0 Å². The molecule has 0 atom stereocenters. The Morgan fingerprint density at radius 2 is 1.67 bits per heavy atom. The first-order chi connectivity index (χ1) is 18.8. The Morgan fingerprint density at radius 3 is 2.21 bits per heavy atom. The molecule has 0 aliphatic carbocycles. The van der Waals surface area contributed by atoms with Crippen LogP contribution in [0.15, 0.2) is 61.2 Å². The van der Waals surface area contributed by atoms with Crippen LogP contribution in [-0.2, 0) is 7.05 Å². The number of aldehydes is 1. The molecule has 0 unspecified atom stereocenters. The molecule has 0 bridgehead atoms. The fraction of sp³-hybridized carbons (Fsp3) is 0.214. The molecule has 2 heterocycles. The molecule has 0 saturated heterocycles. The first-order valence-corrected chi connectivity index (χ1v) is 11.9. The third kappa shape index (κ3) is 7.25. The summed E-state index contributed by atoms with van der Waals surface area (Å²) in [5.74, 6) is 1.25. The van der Waals surface area contributed by atoms with Crippen molar-refractivity contribution in [2.45, 2.75) is 6.92 Å². The predicted molar refractivity (Wildman–Crippen MR) is 151 cm³/mol. The maximum Gasteiger partial charge on any atom is 0.274 e. The minimum atomic E-state index is -0.306. The standard InChI is InChI=1S/C23H26N4O4.C5H6N2O/c1-14-6-7-15(10-18(14)24-2)27-23(28)19-11-16(8-9-25-19)26-17-12-20(29-3)22(31-5)21(13-17)30-4;1-7-4-6-2-5(7)3-8/h6-13,24H,1-5H3,(H,25,26)(H,27,28);2-4H,1H3. The van der Waals surface area contributed by atoms with E-state index in [9.17, 15) is 9.59 Å². The number of hydrogen-bond acceptors (Lipinski definition) is 9. The summed E-state index contributed by atoms with van der Waals surface area (Å²) < 4.78 is 17.8. The van der Waals surface area contributed by atoms with Crippen LogP contribution in [0.5, 0.6) is 17.2 Å². The first-order valence-electron chi connectivity index (χ1n) is 11.9. The van der Waals surface area contributed by atoms with Gasteiger partial charge in [-0.25, -0.2) is 4.98 Å². The lowest BCUT2D eigenvalue weighted by Crippen LogP contribution is -2.14. The number of benzene rings is 2. The largest absolute Gasteiger partial charge is 0.493 e. The third-order valence-corrected chi connectivity index (χ3v) is 5.69. The summed E-state index contributed by atoms with van der Waals surface area (Å²) in [6.07, 6.45) is 5.45. The molecule has 0 fully saturated rings. The van der Waals surface area contributed by atoms with Crippen LogP contribution in [0.3, 0.4) is 0 Å². The van der Waals surface area contributed by atoms with Gasteiger partial charge in [0.05, 0.1) is 33.9 Å². The van der Waals surface area contributed by atoms with E-state index in [0.717, 1.165) is 17.5 Å². The Kier molecular flexibility index (Phi) is 9.85. The highest BCUT2D eigenvalue weighted by molar-refractivity contribution is 6.03. The van der Waals surface area contributed by atoms with Crippen molar-refractivity contribution in [3.8, 4) is 17.2 Å². The molecule has 0 aliphatic rings. The van der Waals surface area contributed by atoms with Crippen molar-refractivity contribution in [2.24, 2.45) is 7.05 Å².